The molecule has 166 valence electrons. The first-order valence-electron chi connectivity index (χ1n) is 9.48. The van der Waals surface area contributed by atoms with Gasteiger partial charge in [0.2, 0.25) is 5.91 Å². The third-order valence-corrected chi connectivity index (χ3v) is 5.85. The monoisotopic (exact) mass is 473 g/mol. The van der Waals surface area contributed by atoms with Gasteiger partial charge in [0.25, 0.3) is 0 Å². The molecule has 32 heavy (non-hydrogen) atoms. The molecule has 0 saturated carbocycles. The number of halogens is 1. The van der Waals surface area contributed by atoms with Crippen LogP contribution < -0.4 is 19.5 Å². The predicted molar refractivity (Wildman–Crippen MR) is 123 cm³/mol. The molecule has 0 aliphatic rings. The number of carbonyl (C=O) groups excluding carboxylic acids is 1. The van der Waals surface area contributed by atoms with Gasteiger partial charge in [0.1, 0.15) is 11.6 Å². The third-order valence-electron chi connectivity index (χ3n) is 4.62. The fraction of sp³-hybridized carbons (Fsp3) is 0.238. The molecule has 4 aromatic rings. The van der Waals surface area contributed by atoms with E-state index in [9.17, 15) is 4.79 Å². The van der Waals surface area contributed by atoms with Gasteiger partial charge >= 0.3 is 0 Å². The summed E-state index contributed by atoms with van der Waals surface area (Å²) in [6, 6.07) is 8.65. The zero-order valence-electron chi connectivity index (χ0n) is 17.8. The highest BCUT2D eigenvalue weighted by molar-refractivity contribution is 7.99. The number of amides is 1. The topological polar surface area (TPSA) is 99.9 Å². The average molecular weight is 474 g/mol. The van der Waals surface area contributed by atoms with Crippen molar-refractivity contribution in [3.8, 4) is 17.2 Å². The van der Waals surface area contributed by atoms with Crippen LogP contribution in [-0.4, -0.2) is 52.6 Å². The van der Waals surface area contributed by atoms with Gasteiger partial charge in [-0.15, -0.1) is 5.10 Å². The van der Waals surface area contributed by atoms with Gasteiger partial charge in [0.05, 0.1) is 37.6 Å². The molecule has 0 spiro atoms. The third kappa shape index (κ3) is 4.23. The smallest absolute Gasteiger partial charge is 0.234 e. The molecule has 9 nitrogen and oxygen atoms in total. The molecule has 2 aromatic heterocycles. The second-order valence-electron chi connectivity index (χ2n) is 6.70. The van der Waals surface area contributed by atoms with Gasteiger partial charge in [-0.05, 0) is 31.2 Å². The van der Waals surface area contributed by atoms with E-state index in [-0.39, 0.29) is 11.7 Å². The Morgan fingerprint density at radius 2 is 1.78 bits per heavy atom. The number of aryl methyl sites for hydroxylation is 1. The molecule has 11 heteroatoms. The summed E-state index contributed by atoms with van der Waals surface area (Å²) in [6.45, 7) is 1.80. The van der Waals surface area contributed by atoms with Crippen LogP contribution in [-0.2, 0) is 4.79 Å². The van der Waals surface area contributed by atoms with Crippen LogP contribution in [0.1, 0.15) is 5.82 Å². The molecule has 0 bridgehead atoms. The number of nitrogens with zero attached hydrogens (tertiary/aromatic N) is 4. The van der Waals surface area contributed by atoms with Gasteiger partial charge in [-0.25, -0.2) is 9.97 Å². The molecule has 0 aliphatic heterocycles. The summed E-state index contributed by atoms with van der Waals surface area (Å²) in [5.41, 5.74) is 1.86. The van der Waals surface area contributed by atoms with Crippen molar-refractivity contribution in [2.75, 3.05) is 32.4 Å². The highest BCUT2D eigenvalue weighted by Crippen LogP contribution is 2.34. The minimum atomic E-state index is -0.213. The number of fused-ring (bicyclic) bond motifs is 3. The predicted octanol–water partition coefficient (Wildman–Crippen LogP) is 4.00. The molecule has 1 N–H and O–H groups in total. The molecule has 0 radical (unpaired) electrons. The molecule has 2 heterocycles. The second-order valence-corrected chi connectivity index (χ2v) is 8.05. The number of ether oxygens (including phenoxy) is 3. The number of nitrogens with one attached hydrogen (secondary N) is 1. The van der Waals surface area contributed by atoms with Gasteiger partial charge in [0, 0.05) is 17.1 Å². The largest absolute Gasteiger partial charge is 0.495 e. The maximum absolute atomic E-state index is 12.5. The Kier molecular flexibility index (Phi) is 6.24. The zero-order valence-corrected chi connectivity index (χ0v) is 19.4. The Balaban J connectivity index is 1.62. The zero-order chi connectivity index (χ0) is 22.8. The Hall–Kier alpha value is -3.24. The van der Waals surface area contributed by atoms with Gasteiger partial charge in [-0.3, -0.25) is 4.79 Å². The van der Waals surface area contributed by atoms with E-state index in [2.05, 4.69) is 20.4 Å². The fourth-order valence-corrected chi connectivity index (χ4v) is 4.18. The van der Waals surface area contributed by atoms with Crippen LogP contribution in [0, 0.1) is 6.92 Å². The normalized spacial score (nSPS) is 11.0. The standard InChI is InChI=1S/C21H20ClN5O4S/c1-11-23-20-13-8-17(30-3)18(31-4)9-15(13)25-21(27(20)26-11)32-10-19(28)24-12-5-6-16(29-2)14(22)7-12/h5-9H,10H2,1-4H3,(H,24,28). The number of rotatable bonds is 7. The number of benzene rings is 2. The molecule has 1 amide bonds. The summed E-state index contributed by atoms with van der Waals surface area (Å²) < 4.78 is 17.6. The van der Waals surface area contributed by atoms with Crippen molar-refractivity contribution in [2.45, 2.75) is 12.1 Å². The van der Waals surface area contributed by atoms with Gasteiger partial charge in [-0.1, -0.05) is 23.4 Å². The van der Waals surface area contributed by atoms with Gasteiger partial charge < -0.3 is 19.5 Å². The summed E-state index contributed by atoms with van der Waals surface area (Å²) in [4.78, 5) is 21.7. The van der Waals surface area contributed by atoms with E-state index in [4.69, 9.17) is 25.8 Å². The highest BCUT2D eigenvalue weighted by atomic mass is 35.5. The summed E-state index contributed by atoms with van der Waals surface area (Å²) in [6.07, 6.45) is 0. The lowest BCUT2D eigenvalue weighted by Gasteiger charge is -2.11. The number of hydrogen-bond donors (Lipinski definition) is 1. The quantitative estimate of drug-likeness (QED) is 0.317. The molecule has 2 aromatic carbocycles. The van der Waals surface area contributed by atoms with E-state index in [1.165, 1.54) is 18.9 Å². The number of thioether (sulfide) groups is 1. The number of anilines is 1. The Labute approximate surface area is 193 Å². The van der Waals surface area contributed by atoms with E-state index in [0.717, 1.165) is 5.39 Å². The van der Waals surface area contributed by atoms with Gasteiger partial charge in [0.15, 0.2) is 22.3 Å². The van der Waals surface area contributed by atoms with Crippen LogP contribution in [0.2, 0.25) is 5.02 Å². The molecule has 0 saturated heterocycles. The Morgan fingerprint density at radius 1 is 1.06 bits per heavy atom. The van der Waals surface area contributed by atoms with Crippen LogP contribution in [0.25, 0.3) is 16.6 Å². The first-order valence-corrected chi connectivity index (χ1v) is 10.8. The molecule has 0 aliphatic carbocycles. The lowest BCUT2D eigenvalue weighted by atomic mass is 10.2. The van der Waals surface area contributed by atoms with E-state index >= 15 is 0 Å². The molecule has 0 atom stereocenters. The van der Waals surface area contributed by atoms with Crippen molar-refractivity contribution in [3.63, 3.8) is 0 Å². The second kappa shape index (κ2) is 9.09. The molecular weight excluding hydrogens is 454 g/mol. The van der Waals surface area contributed by atoms with Crippen molar-refractivity contribution in [1.82, 2.24) is 19.6 Å². The van der Waals surface area contributed by atoms with Crippen molar-refractivity contribution >= 4 is 51.5 Å². The number of carbonyl (C=O) groups is 1. The van der Waals surface area contributed by atoms with Crippen LogP contribution in [0.15, 0.2) is 35.5 Å². The summed E-state index contributed by atoms with van der Waals surface area (Å²) in [5, 5.41) is 8.97. The average Bonchev–Trinajstić information content (AvgIpc) is 3.18. The number of hydrogen-bond acceptors (Lipinski definition) is 8. The minimum Gasteiger partial charge on any atom is -0.495 e. The lowest BCUT2D eigenvalue weighted by molar-refractivity contribution is -0.113. The lowest BCUT2D eigenvalue weighted by Crippen LogP contribution is -2.14. The number of methoxy groups -OCH3 is 3. The maximum Gasteiger partial charge on any atom is 0.234 e. The van der Waals surface area contributed by atoms with Crippen LogP contribution >= 0.6 is 23.4 Å². The van der Waals surface area contributed by atoms with E-state index in [0.29, 0.717) is 50.1 Å². The van der Waals surface area contributed by atoms with E-state index in [1.807, 2.05) is 6.07 Å². The van der Waals surface area contributed by atoms with Crippen LogP contribution in [0.5, 0.6) is 17.2 Å². The minimum absolute atomic E-state index is 0.115. The first-order chi connectivity index (χ1) is 15.4. The van der Waals surface area contributed by atoms with E-state index in [1.54, 1.807) is 49.9 Å². The summed E-state index contributed by atoms with van der Waals surface area (Å²) in [5.74, 6) is 2.16. The van der Waals surface area contributed by atoms with Crippen molar-refractivity contribution in [2.24, 2.45) is 0 Å². The van der Waals surface area contributed by atoms with Gasteiger partial charge in [-0.2, -0.15) is 4.52 Å². The number of aromatic nitrogens is 4. The molecule has 0 fully saturated rings. The highest BCUT2D eigenvalue weighted by Gasteiger charge is 2.17. The van der Waals surface area contributed by atoms with E-state index < -0.39 is 0 Å². The van der Waals surface area contributed by atoms with Crippen molar-refractivity contribution < 1.29 is 19.0 Å². The van der Waals surface area contributed by atoms with Crippen LogP contribution in [0.4, 0.5) is 5.69 Å². The molecule has 4 rings (SSSR count). The summed E-state index contributed by atoms with van der Waals surface area (Å²) in [7, 11) is 4.67. The first kappa shape index (κ1) is 22.0. The van der Waals surface area contributed by atoms with Crippen molar-refractivity contribution in [3.05, 3.63) is 41.2 Å². The maximum atomic E-state index is 12.5. The Bertz CT molecular complexity index is 1330. The Morgan fingerprint density at radius 3 is 2.47 bits per heavy atom. The van der Waals surface area contributed by atoms with Crippen LogP contribution in [0.3, 0.4) is 0 Å². The molecular formula is C21H20ClN5O4S. The molecule has 0 unspecified atom stereocenters. The fourth-order valence-electron chi connectivity index (χ4n) is 3.18. The summed E-state index contributed by atoms with van der Waals surface area (Å²) >= 11 is 7.37. The van der Waals surface area contributed by atoms with Crippen molar-refractivity contribution in [1.29, 1.82) is 0 Å². The SMILES string of the molecule is COc1ccc(NC(=O)CSc2nc3cc(OC)c(OC)cc3c3nc(C)nn23)cc1Cl.